The van der Waals surface area contributed by atoms with E-state index in [2.05, 4.69) is 26.0 Å². The van der Waals surface area contributed by atoms with Crippen LogP contribution in [-0.2, 0) is 19.2 Å². The minimum Gasteiger partial charge on any atom is -0.343 e. The monoisotopic (exact) mass is 428 g/mol. The molecular formula is C18H20N8O5. The number of benzene rings is 1. The summed E-state index contributed by atoms with van der Waals surface area (Å²) in [4.78, 5) is 66.4. The first-order valence-electron chi connectivity index (χ1n) is 9.48. The van der Waals surface area contributed by atoms with Gasteiger partial charge in [-0.1, -0.05) is 35.4 Å². The molecule has 3 rings (SSSR count). The van der Waals surface area contributed by atoms with Crippen LogP contribution < -0.4 is 16.0 Å². The lowest BCUT2D eigenvalue weighted by molar-refractivity contribution is -0.153. The molecule has 2 aliphatic rings. The molecule has 13 heteroatoms. The van der Waals surface area contributed by atoms with Crippen molar-refractivity contribution >= 4 is 29.7 Å². The Morgan fingerprint density at radius 1 is 1.23 bits per heavy atom. The Bertz CT molecular complexity index is 961. The van der Waals surface area contributed by atoms with Gasteiger partial charge in [0.1, 0.15) is 18.2 Å². The van der Waals surface area contributed by atoms with E-state index in [1.165, 1.54) is 4.90 Å². The van der Waals surface area contributed by atoms with Crippen molar-refractivity contribution in [1.82, 2.24) is 25.8 Å². The summed E-state index contributed by atoms with van der Waals surface area (Å²) in [6.45, 7) is 2.23. The SMILES string of the molecule is CCN1CCN(C(=O)N[C@@H](C(=O)N[C@@H]2C(=O)N[C@H]2N=[N+]=[N-])c2ccccc2)C(=O)C1=O. The van der Waals surface area contributed by atoms with Crippen molar-refractivity contribution in [1.29, 1.82) is 0 Å². The first-order chi connectivity index (χ1) is 14.9. The van der Waals surface area contributed by atoms with E-state index >= 15 is 0 Å². The lowest BCUT2D eigenvalue weighted by atomic mass is 10.0. The number of hydrogen-bond acceptors (Lipinski definition) is 6. The van der Waals surface area contributed by atoms with Crippen molar-refractivity contribution in [3.8, 4) is 0 Å². The fourth-order valence-corrected chi connectivity index (χ4v) is 3.22. The molecule has 31 heavy (non-hydrogen) atoms. The molecule has 0 aromatic heterocycles. The minimum atomic E-state index is -1.26. The molecule has 162 valence electrons. The van der Waals surface area contributed by atoms with Crippen LogP contribution in [0.5, 0.6) is 0 Å². The third kappa shape index (κ3) is 4.41. The third-order valence-corrected chi connectivity index (χ3v) is 4.96. The zero-order valence-corrected chi connectivity index (χ0v) is 16.5. The predicted molar refractivity (Wildman–Crippen MR) is 105 cm³/mol. The molecule has 2 aliphatic heterocycles. The van der Waals surface area contributed by atoms with Crippen LogP contribution in [0, 0.1) is 0 Å². The van der Waals surface area contributed by atoms with Gasteiger partial charge in [0, 0.05) is 24.5 Å². The van der Waals surface area contributed by atoms with Crippen LogP contribution >= 0.6 is 0 Å². The van der Waals surface area contributed by atoms with E-state index in [0.717, 1.165) is 4.90 Å². The fourth-order valence-electron chi connectivity index (χ4n) is 3.22. The molecule has 0 unspecified atom stereocenters. The second-order valence-corrected chi connectivity index (χ2v) is 6.78. The molecule has 13 nitrogen and oxygen atoms in total. The van der Waals surface area contributed by atoms with E-state index in [1.807, 2.05) is 0 Å². The zero-order chi connectivity index (χ0) is 22.5. The van der Waals surface area contributed by atoms with Gasteiger partial charge in [-0.2, -0.15) is 0 Å². The lowest BCUT2D eigenvalue weighted by Crippen LogP contribution is -2.69. The summed E-state index contributed by atoms with van der Waals surface area (Å²) in [5, 5.41) is 10.6. The number of nitrogens with zero attached hydrogens (tertiary/aromatic N) is 5. The maximum Gasteiger partial charge on any atom is 0.325 e. The summed E-state index contributed by atoms with van der Waals surface area (Å²) >= 11 is 0. The fraction of sp³-hybridized carbons (Fsp3) is 0.389. The van der Waals surface area contributed by atoms with E-state index in [4.69, 9.17) is 5.53 Å². The van der Waals surface area contributed by atoms with Gasteiger partial charge in [-0.25, -0.2) is 4.79 Å². The lowest BCUT2D eigenvalue weighted by Gasteiger charge is -2.35. The van der Waals surface area contributed by atoms with Crippen molar-refractivity contribution in [3.05, 3.63) is 46.3 Å². The van der Waals surface area contributed by atoms with E-state index < -0.39 is 47.9 Å². The van der Waals surface area contributed by atoms with Gasteiger partial charge in [0.25, 0.3) is 0 Å². The molecule has 0 aliphatic carbocycles. The maximum atomic E-state index is 12.9. The summed E-state index contributed by atoms with van der Waals surface area (Å²) in [6.07, 6.45) is -0.949. The third-order valence-electron chi connectivity index (χ3n) is 4.96. The number of imide groups is 1. The number of carbonyl (C=O) groups is 5. The largest absolute Gasteiger partial charge is 0.343 e. The molecule has 1 aromatic rings. The number of rotatable bonds is 6. The van der Waals surface area contributed by atoms with Gasteiger partial charge in [-0.3, -0.25) is 24.1 Å². The zero-order valence-electron chi connectivity index (χ0n) is 16.5. The summed E-state index contributed by atoms with van der Waals surface area (Å²) in [7, 11) is 0. The normalized spacial score (nSPS) is 21.4. The number of β-lactam (4-membered cyclic amide) rings is 1. The highest BCUT2D eigenvalue weighted by Gasteiger charge is 2.42. The average Bonchev–Trinajstić information content (AvgIpc) is 2.77. The molecule has 1 aromatic carbocycles. The molecule has 0 spiro atoms. The maximum absolute atomic E-state index is 12.9. The second-order valence-electron chi connectivity index (χ2n) is 6.78. The molecule has 3 atom stereocenters. The number of likely N-dealkylation sites (N-methyl/N-ethyl adjacent to an activating group) is 1. The Kier molecular flexibility index (Phi) is 6.36. The molecule has 3 N–H and O–H groups in total. The Hall–Kier alpha value is -4.12. The molecule has 2 heterocycles. The Morgan fingerprint density at radius 2 is 1.94 bits per heavy atom. The molecule has 2 fully saturated rings. The highest BCUT2D eigenvalue weighted by molar-refractivity contribution is 6.38. The van der Waals surface area contributed by atoms with E-state index in [0.29, 0.717) is 12.1 Å². The highest BCUT2D eigenvalue weighted by Crippen LogP contribution is 2.17. The summed E-state index contributed by atoms with van der Waals surface area (Å²) in [6, 6.07) is 4.90. The van der Waals surface area contributed by atoms with Gasteiger partial charge < -0.3 is 20.9 Å². The number of amides is 6. The van der Waals surface area contributed by atoms with Crippen molar-refractivity contribution in [2.45, 2.75) is 25.2 Å². The summed E-state index contributed by atoms with van der Waals surface area (Å²) < 4.78 is 0. The number of hydrogen-bond donors (Lipinski definition) is 3. The standard InChI is InChI=1S/C18H20N8O5/c1-2-25-8-9-26(17(30)16(25)29)18(31)21-11(10-6-4-3-5-7-10)14(27)20-12-13(23-24-19)22-15(12)28/h3-7,11-13H,2,8-9H2,1H3,(H,20,27)(H,21,31)(H,22,28)/t11-,12+,13+/m1/s1. The number of carbonyl (C=O) groups excluding carboxylic acids is 5. The van der Waals surface area contributed by atoms with Crippen LogP contribution in [0.4, 0.5) is 4.79 Å². The quantitative estimate of drug-likeness (QED) is 0.179. The number of azide groups is 1. The van der Waals surface area contributed by atoms with Crippen LogP contribution in [0.25, 0.3) is 10.4 Å². The van der Waals surface area contributed by atoms with Crippen LogP contribution in [0.1, 0.15) is 18.5 Å². The van der Waals surface area contributed by atoms with Crippen LogP contribution in [0.15, 0.2) is 35.4 Å². The van der Waals surface area contributed by atoms with Crippen molar-refractivity contribution in [2.75, 3.05) is 19.6 Å². The number of urea groups is 1. The Balaban J connectivity index is 1.77. The van der Waals surface area contributed by atoms with Crippen molar-refractivity contribution in [2.24, 2.45) is 5.11 Å². The highest BCUT2D eigenvalue weighted by atomic mass is 16.2. The molecule has 2 saturated heterocycles. The molecule has 0 bridgehead atoms. The smallest absolute Gasteiger partial charge is 0.325 e. The predicted octanol–water partition coefficient (Wildman–Crippen LogP) is -0.621. The second kappa shape index (κ2) is 9.13. The van der Waals surface area contributed by atoms with Crippen molar-refractivity contribution < 1.29 is 24.0 Å². The Labute approximate surface area is 176 Å². The van der Waals surface area contributed by atoms with Crippen LogP contribution in [-0.4, -0.2) is 71.3 Å². The van der Waals surface area contributed by atoms with E-state index in [9.17, 15) is 24.0 Å². The van der Waals surface area contributed by atoms with Gasteiger partial charge in [0.05, 0.1) is 0 Å². The van der Waals surface area contributed by atoms with E-state index in [1.54, 1.807) is 37.3 Å². The number of nitrogens with one attached hydrogen (secondary N) is 3. The average molecular weight is 428 g/mol. The molecule has 0 radical (unpaired) electrons. The van der Waals surface area contributed by atoms with Crippen LogP contribution in [0.3, 0.4) is 0 Å². The first kappa shape index (κ1) is 21.6. The minimum absolute atomic E-state index is 0.0165. The molecule has 6 amide bonds. The summed E-state index contributed by atoms with van der Waals surface area (Å²) in [5.41, 5.74) is 8.93. The van der Waals surface area contributed by atoms with Gasteiger partial charge in [0.2, 0.25) is 11.8 Å². The first-order valence-corrected chi connectivity index (χ1v) is 9.48. The Morgan fingerprint density at radius 3 is 2.55 bits per heavy atom. The van der Waals surface area contributed by atoms with Gasteiger partial charge in [-0.05, 0) is 18.0 Å². The summed E-state index contributed by atoms with van der Waals surface area (Å²) in [5.74, 6) is -3.07. The van der Waals surface area contributed by atoms with Gasteiger partial charge in [0.15, 0.2) is 0 Å². The molecular weight excluding hydrogens is 408 g/mol. The van der Waals surface area contributed by atoms with E-state index in [-0.39, 0.29) is 13.1 Å². The van der Waals surface area contributed by atoms with Gasteiger partial charge >= 0.3 is 17.8 Å². The van der Waals surface area contributed by atoms with Gasteiger partial charge in [-0.15, -0.1) is 0 Å². The van der Waals surface area contributed by atoms with Crippen molar-refractivity contribution in [3.63, 3.8) is 0 Å². The number of piperazine rings is 1. The van der Waals surface area contributed by atoms with Crippen LogP contribution in [0.2, 0.25) is 0 Å². The topological polar surface area (TPSA) is 177 Å². The molecule has 0 saturated carbocycles.